The minimum atomic E-state index is -0.853. The highest BCUT2D eigenvalue weighted by molar-refractivity contribution is 7.19. The number of pyridine rings is 1. The third-order valence-corrected chi connectivity index (χ3v) is 3.47. The molecule has 88 valence electrons. The Morgan fingerprint density at radius 1 is 1.47 bits per heavy atom. The van der Waals surface area contributed by atoms with E-state index in [-0.39, 0.29) is 6.42 Å². The van der Waals surface area contributed by atoms with Crippen molar-refractivity contribution in [3.63, 3.8) is 0 Å². The van der Waals surface area contributed by atoms with Crippen molar-refractivity contribution in [1.82, 2.24) is 9.97 Å². The summed E-state index contributed by atoms with van der Waals surface area (Å²) in [6, 6.07) is 5.54. The van der Waals surface area contributed by atoms with Gasteiger partial charge in [-0.1, -0.05) is 29.0 Å². The zero-order valence-corrected chi connectivity index (χ0v) is 10.3. The van der Waals surface area contributed by atoms with Gasteiger partial charge < -0.3 is 5.11 Å². The van der Waals surface area contributed by atoms with E-state index in [1.54, 1.807) is 6.20 Å². The molecule has 1 N–H and O–H groups in total. The number of carbonyl (C=O) groups is 1. The van der Waals surface area contributed by atoms with E-state index in [0.717, 1.165) is 10.7 Å². The van der Waals surface area contributed by atoms with Crippen LogP contribution in [0.25, 0.3) is 10.7 Å². The lowest BCUT2D eigenvalue weighted by atomic mass is 10.2. The van der Waals surface area contributed by atoms with E-state index >= 15 is 0 Å². The molecule has 2 aromatic heterocycles. The summed E-state index contributed by atoms with van der Waals surface area (Å²) >= 11 is 7.33. The number of halogens is 1. The van der Waals surface area contributed by atoms with Gasteiger partial charge in [-0.25, -0.2) is 4.98 Å². The number of nitrogens with zero attached hydrogens (tertiary/aromatic N) is 2. The lowest BCUT2D eigenvalue weighted by Gasteiger charge is -1.93. The second kappa shape index (κ2) is 5.25. The first-order valence-corrected chi connectivity index (χ1v) is 6.14. The third-order valence-electron chi connectivity index (χ3n) is 2.11. The van der Waals surface area contributed by atoms with Crippen molar-refractivity contribution < 1.29 is 9.90 Å². The van der Waals surface area contributed by atoms with Crippen molar-refractivity contribution in [1.29, 1.82) is 0 Å². The summed E-state index contributed by atoms with van der Waals surface area (Å²) in [5.41, 5.74) is 1.38. The molecule has 0 radical (unpaired) electrons. The van der Waals surface area contributed by atoms with E-state index in [2.05, 4.69) is 9.97 Å². The minimum Gasteiger partial charge on any atom is -0.481 e. The maximum Gasteiger partial charge on any atom is 0.303 e. The maximum atomic E-state index is 10.5. The molecule has 0 amide bonds. The number of carboxylic acid groups (broad SMARTS) is 1. The summed E-state index contributed by atoms with van der Waals surface area (Å²) < 4.78 is 0.534. The van der Waals surface area contributed by atoms with Gasteiger partial charge in [-0.15, -0.1) is 0 Å². The molecule has 0 aliphatic rings. The normalized spacial score (nSPS) is 10.4. The first-order valence-electron chi connectivity index (χ1n) is 4.95. The highest BCUT2D eigenvalue weighted by Crippen LogP contribution is 2.31. The van der Waals surface area contributed by atoms with Crippen molar-refractivity contribution in [2.45, 2.75) is 12.8 Å². The van der Waals surface area contributed by atoms with Crippen molar-refractivity contribution in [3.8, 4) is 10.7 Å². The van der Waals surface area contributed by atoms with Gasteiger partial charge in [0, 0.05) is 12.6 Å². The third kappa shape index (κ3) is 3.01. The fourth-order valence-corrected chi connectivity index (χ4v) is 2.48. The molecule has 2 rings (SSSR count). The van der Waals surface area contributed by atoms with Crippen molar-refractivity contribution in [2.75, 3.05) is 0 Å². The Balaban J connectivity index is 2.22. The van der Waals surface area contributed by atoms with Crippen LogP contribution in [0.3, 0.4) is 0 Å². The lowest BCUT2D eigenvalue weighted by Crippen LogP contribution is -1.98. The number of hydrogen-bond acceptors (Lipinski definition) is 4. The zero-order valence-electron chi connectivity index (χ0n) is 8.76. The second-order valence-corrected chi connectivity index (χ2v) is 4.95. The van der Waals surface area contributed by atoms with Crippen molar-refractivity contribution >= 4 is 28.9 Å². The molecular weight excluding hydrogens is 260 g/mol. The van der Waals surface area contributed by atoms with E-state index in [1.165, 1.54) is 11.3 Å². The summed E-state index contributed by atoms with van der Waals surface area (Å²) in [5.74, 6) is -0.853. The van der Waals surface area contributed by atoms with Crippen LogP contribution >= 0.6 is 22.9 Å². The monoisotopic (exact) mass is 268 g/mol. The molecule has 6 heteroatoms. The fourth-order valence-electron chi connectivity index (χ4n) is 1.31. The molecule has 4 nitrogen and oxygen atoms in total. The molecule has 0 aliphatic carbocycles. The second-order valence-electron chi connectivity index (χ2n) is 3.35. The summed E-state index contributed by atoms with van der Waals surface area (Å²) in [6.45, 7) is 0. The van der Waals surface area contributed by atoms with Gasteiger partial charge in [0.2, 0.25) is 0 Å². The van der Waals surface area contributed by atoms with Gasteiger partial charge in [0.15, 0.2) is 0 Å². The van der Waals surface area contributed by atoms with Crippen LogP contribution < -0.4 is 0 Å². The number of aryl methyl sites for hydroxylation is 1. The standard InChI is InChI=1S/C11H9ClN2O2S/c12-10-7(4-5-9(15)16)14-11(17-10)8-3-1-2-6-13-8/h1-3,6H,4-5H2,(H,15,16). The van der Waals surface area contributed by atoms with Crippen LogP contribution in [0.4, 0.5) is 0 Å². The van der Waals surface area contributed by atoms with E-state index in [0.29, 0.717) is 16.5 Å². The van der Waals surface area contributed by atoms with Crippen LogP contribution in [0.5, 0.6) is 0 Å². The Hall–Kier alpha value is -1.46. The summed E-state index contributed by atoms with van der Waals surface area (Å²) in [5, 5.41) is 9.33. The average Bonchev–Trinajstić information content (AvgIpc) is 2.69. The molecular formula is C11H9ClN2O2S. The van der Waals surface area contributed by atoms with Gasteiger partial charge in [0.25, 0.3) is 0 Å². The van der Waals surface area contributed by atoms with E-state index < -0.39 is 5.97 Å². The van der Waals surface area contributed by atoms with Crippen molar-refractivity contribution in [2.24, 2.45) is 0 Å². The Morgan fingerprint density at radius 3 is 2.94 bits per heavy atom. The molecule has 17 heavy (non-hydrogen) atoms. The van der Waals surface area contributed by atoms with Crippen LogP contribution in [0.15, 0.2) is 24.4 Å². The molecule has 0 aliphatic heterocycles. The quantitative estimate of drug-likeness (QED) is 0.926. The molecule has 0 unspecified atom stereocenters. The topological polar surface area (TPSA) is 63.1 Å². The molecule has 0 atom stereocenters. The highest BCUT2D eigenvalue weighted by atomic mass is 35.5. The van der Waals surface area contributed by atoms with Gasteiger partial charge in [-0.3, -0.25) is 9.78 Å². The Kier molecular flexibility index (Phi) is 3.71. The lowest BCUT2D eigenvalue weighted by molar-refractivity contribution is -0.136. The van der Waals surface area contributed by atoms with E-state index in [1.807, 2.05) is 18.2 Å². The molecule has 0 saturated carbocycles. The number of aromatic nitrogens is 2. The van der Waals surface area contributed by atoms with Crippen LogP contribution in [-0.2, 0) is 11.2 Å². The zero-order chi connectivity index (χ0) is 12.3. The Bertz CT molecular complexity index is 528. The number of thiazole rings is 1. The first kappa shape index (κ1) is 12.0. The van der Waals surface area contributed by atoms with Gasteiger partial charge in [0.05, 0.1) is 17.8 Å². The van der Waals surface area contributed by atoms with Crippen LogP contribution in [0.2, 0.25) is 4.34 Å². The summed E-state index contributed by atoms with van der Waals surface area (Å²) in [7, 11) is 0. The molecule has 0 saturated heterocycles. The van der Waals surface area contributed by atoms with Gasteiger partial charge in [-0.05, 0) is 12.1 Å². The van der Waals surface area contributed by atoms with Crippen LogP contribution in [-0.4, -0.2) is 21.0 Å². The smallest absolute Gasteiger partial charge is 0.303 e. The predicted molar refractivity (Wildman–Crippen MR) is 66.3 cm³/mol. The number of aliphatic carboxylic acids is 1. The fraction of sp³-hybridized carbons (Fsp3) is 0.182. The van der Waals surface area contributed by atoms with E-state index in [9.17, 15) is 4.79 Å². The minimum absolute atomic E-state index is 0.0328. The Morgan fingerprint density at radius 2 is 2.29 bits per heavy atom. The molecule has 2 heterocycles. The van der Waals surface area contributed by atoms with Gasteiger partial charge >= 0.3 is 5.97 Å². The molecule has 0 bridgehead atoms. The van der Waals surface area contributed by atoms with Gasteiger partial charge in [-0.2, -0.15) is 0 Å². The molecule has 2 aromatic rings. The SMILES string of the molecule is O=C(O)CCc1nc(-c2ccccn2)sc1Cl. The number of rotatable bonds is 4. The van der Waals surface area contributed by atoms with Gasteiger partial charge in [0.1, 0.15) is 9.34 Å². The van der Waals surface area contributed by atoms with Crippen molar-refractivity contribution in [3.05, 3.63) is 34.4 Å². The van der Waals surface area contributed by atoms with Crippen LogP contribution in [0.1, 0.15) is 12.1 Å². The summed E-state index contributed by atoms with van der Waals surface area (Å²) in [4.78, 5) is 19.0. The number of hydrogen-bond donors (Lipinski definition) is 1. The van der Waals surface area contributed by atoms with E-state index in [4.69, 9.17) is 16.7 Å². The molecule has 0 spiro atoms. The predicted octanol–water partition coefficient (Wildman–Crippen LogP) is 2.88. The highest BCUT2D eigenvalue weighted by Gasteiger charge is 2.12. The van der Waals surface area contributed by atoms with Crippen LogP contribution in [0, 0.1) is 0 Å². The molecule has 0 fully saturated rings. The number of carboxylic acids is 1. The average molecular weight is 269 g/mol. The summed E-state index contributed by atoms with van der Waals surface area (Å²) in [6.07, 6.45) is 2.06. The largest absolute Gasteiger partial charge is 0.481 e. The molecule has 0 aromatic carbocycles. The maximum absolute atomic E-state index is 10.5. The first-order chi connectivity index (χ1) is 8.16. The Labute approximate surface area is 107 Å².